The zero-order valence-electron chi connectivity index (χ0n) is 23.4. The number of unbranched alkanes of at least 4 members (excludes halogenated alkanes) is 2. The molecule has 4 amide bonds. The zero-order chi connectivity index (χ0) is 31.6. The van der Waals surface area contributed by atoms with Crippen LogP contribution in [0.3, 0.4) is 0 Å². The number of likely N-dealkylation sites (tertiary alicyclic amines) is 1. The van der Waals surface area contributed by atoms with Crippen molar-refractivity contribution < 1.29 is 38.6 Å². The molecule has 2 heterocycles. The van der Waals surface area contributed by atoms with E-state index < -0.39 is 62.9 Å². The van der Waals surface area contributed by atoms with E-state index >= 15 is 0 Å². The summed E-state index contributed by atoms with van der Waals surface area (Å²) in [5.41, 5.74) is 1.09. The number of carbonyl (C=O) groups is 5. The van der Waals surface area contributed by atoms with Crippen LogP contribution in [0.4, 0.5) is 10.1 Å². The van der Waals surface area contributed by atoms with Crippen LogP contribution in [-0.4, -0.2) is 61.0 Å². The molecule has 12 heteroatoms. The van der Waals surface area contributed by atoms with Crippen molar-refractivity contribution in [3.63, 3.8) is 0 Å². The largest absolute Gasteiger partial charge is 0.508 e. The number of hydrogen-bond donors (Lipinski definition) is 2. The molecule has 0 spiro atoms. The Hall–Kier alpha value is -3.76. The van der Waals surface area contributed by atoms with E-state index in [9.17, 15) is 33.5 Å². The summed E-state index contributed by atoms with van der Waals surface area (Å²) in [6.07, 6.45) is 3.21. The first-order chi connectivity index (χ1) is 20.9. The summed E-state index contributed by atoms with van der Waals surface area (Å²) in [4.78, 5) is 64.6. The molecule has 1 saturated carbocycles. The summed E-state index contributed by atoms with van der Waals surface area (Å²) in [5.74, 6) is -7.24. The Labute approximate surface area is 262 Å². The van der Waals surface area contributed by atoms with Crippen LogP contribution in [0.25, 0.3) is 0 Å². The number of fused-ring (bicyclic) bond motifs is 4. The predicted octanol–water partition coefficient (Wildman–Crippen LogP) is 4.74. The number of carboxylic acids is 1. The third kappa shape index (κ3) is 4.44. The SMILES string of the molecule is O=C(O)CCCCCN1C(=O)[C@H]2[C@H](CC=C3[C@H]2C[C@@]2(Cl)C(=O)N(c4ccc(F)cc4)C(=O)[C@@]2(Cl)[C@H]3c2cccc(O)c2)C1=O. The third-order valence-corrected chi connectivity index (χ3v) is 10.9. The van der Waals surface area contributed by atoms with E-state index in [0.717, 1.165) is 17.0 Å². The first kappa shape index (κ1) is 30.3. The molecule has 4 aliphatic rings. The lowest BCUT2D eigenvalue weighted by Crippen LogP contribution is -2.60. The standard InChI is InChI=1S/C32H29Cl2FN2O7/c33-31-16-23-21(12-13-22-25(23)28(42)36(27(22)41)14-3-1-2-7-24(39)40)26(17-5-4-6-20(38)15-17)32(31,34)30(44)37(29(31)43)19-10-8-18(35)9-11-19/h4-6,8-12,15,22-23,25-26,38H,1-3,7,13-14,16H2,(H,39,40)/t22-,23+,25-,26-,31+,32-/m0/s1. The van der Waals surface area contributed by atoms with Gasteiger partial charge in [-0.2, -0.15) is 0 Å². The molecule has 2 saturated heterocycles. The zero-order valence-corrected chi connectivity index (χ0v) is 24.9. The number of benzene rings is 2. The van der Waals surface area contributed by atoms with Crippen molar-refractivity contribution in [3.8, 4) is 5.75 Å². The summed E-state index contributed by atoms with van der Waals surface area (Å²) in [6.45, 7) is 0.142. The second-order valence-electron chi connectivity index (χ2n) is 11.9. The van der Waals surface area contributed by atoms with Crippen molar-refractivity contribution in [2.24, 2.45) is 17.8 Å². The van der Waals surface area contributed by atoms with E-state index in [0.29, 0.717) is 30.4 Å². The van der Waals surface area contributed by atoms with Gasteiger partial charge >= 0.3 is 5.97 Å². The predicted molar refractivity (Wildman–Crippen MR) is 158 cm³/mol. The molecule has 44 heavy (non-hydrogen) atoms. The van der Waals surface area contributed by atoms with Crippen molar-refractivity contribution in [1.82, 2.24) is 4.90 Å². The molecule has 0 unspecified atom stereocenters. The number of anilines is 1. The molecular formula is C32H29Cl2FN2O7. The van der Waals surface area contributed by atoms with Gasteiger partial charge in [0.15, 0.2) is 9.75 Å². The van der Waals surface area contributed by atoms with Gasteiger partial charge in [0.2, 0.25) is 11.8 Å². The summed E-state index contributed by atoms with van der Waals surface area (Å²) in [6, 6.07) is 10.9. The normalized spacial score (nSPS) is 31.1. The van der Waals surface area contributed by atoms with Gasteiger partial charge in [-0.25, -0.2) is 9.29 Å². The molecular weight excluding hydrogens is 614 g/mol. The summed E-state index contributed by atoms with van der Waals surface area (Å²) >= 11 is 14.5. The number of amides is 4. The number of nitrogens with zero attached hydrogens (tertiary/aromatic N) is 2. The highest BCUT2D eigenvalue weighted by molar-refractivity contribution is 6.58. The molecule has 2 aliphatic heterocycles. The van der Waals surface area contributed by atoms with Crippen LogP contribution in [0.15, 0.2) is 60.2 Å². The monoisotopic (exact) mass is 642 g/mol. The van der Waals surface area contributed by atoms with Gasteiger partial charge in [0.25, 0.3) is 11.8 Å². The maximum atomic E-state index is 14.3. The number of carbonyl (C=O) groups excluding carboxylic acids is 4. The van der Waals surface area contributed by atoms with E-state index in [1.807, 2.05) is 0 Å². The minimum atomic E-state index is -2.07. The molecule has 3 fully saturated rings. The minimum absolute atomic E-state index is 0.00139. The molecule has 230 valence electrons. The number of aromatic hydroxyl groups is 1. The molecule has 2 aromatic rings. The van der Waals surface area contributed by atoms with Crippen LogP contribution in [0.1, 0.15) is 50.0 Å². The Bertz CT molecular complexity index is 1610. The number of phenolic OH excluding ortho intramolecular Hbond substituents is 1. The van der Waals surface area contributed by atoms with Crippen molar-refractivity contribution in [2.45, 2.75) is 54.2 Å². The lowest BCUT2D eigenvalue weighted by Gasteiger charge is -2.50. The van der Waals surface area contributed by atoms with Gasteiger partial charge in [-0.05, 0) is 73.6 Å². The summed E-state index contributed by atoms with van der Waals surface area (Å²) in [7, 11) is 0. The highest BCUT2D eigenvalue weighted by Gasteiger charge is 2.76. The van der Waals surface area contributed by atoms with Gasteiger partial charge in [-0.1, -0.05) is 30.2 Å². The number of hydrogen-bond acceptors (Lipinski definition) is 6. The van der Waals surface area contributed by atoms with Crippen LogP contribution >= 0.6 is 23.2 Å². The number of aliphatic carboxylic acids is 1. The maximum absolute atomic E-state index is 14.3. The maximum Gasteiger partial charge on any atom is 0.303 e. The van der Waals surface area contributed by atoms with Crippen LogP contribution < -0.4 is 4.90 Å². The van der Waals surface area contributed by atoms with Gasteiger partial charge in [-0.3, -0.25) is 28.9 Å². The molecule has 2 N–H and O–H groups in total. The Morgan fingerprint density at radius 3 is 2.36 bits per heavy atom. The van der Waals surface area contributed by atoms with Gasteiger partial charge < -0.3 is 10.2 Å². The topological polar surface area (TPSA) is 132 Å². The highest BCUT2D eigenvalue weighted by atomic mass is 35.5. The number of imide groups is 2. The number of phenols is 1. The van der Waals surface area contributed by atoms with Gasteiger partial charge in [-0.15, -0.1) is 23.2 Å². The molecule has 0 aromatic heterocycles. The Balaban J connectivity index is 1.41. The Kier molecular flexibility index (Phi) is 7.57. The lowest BCUT2D eigenvalue weighted by atomic mass is 9.56. The molecule has 6 atom stereocenters. The van der Waals surface area contributed by atoms with E-state index in [4.69, 9.17) is 28.3 Å². The average molecular weight is 643 g/mol. The fourth-order valence-electron chi connectivity index (χ4n) is 7.49. The van der Waals surface area contributed by atoms with Crippen molar-refractivity contribution >= 4 is 58.5 Å². The van der Waals surface area contributed by atoms with Crippen molar-refractivity contribution in [1.29, 1.82) is 0 Å². The number of rotatable bonds is 8. The summed E-state index contributed by atoms with van der Waals surface area (Å²) < 4.78 is 13.8. The molecule has 9 nitrogen and oxygen atoms in total. The molecule has 0 radical (unpaired) electrons. The van der Waals surface area contributed by atoms with Gasteiger partial charge in [0.1, 0.15) is 11.6 Å². The number of carboxylic acid groups (broad SMARTS) is 1. The fourth-order valence-corrected chi connectivity index (χ4v) is 8.42. The van der Waals surface area contributed by atoms with Crippen LogP contribution in [-0.2, 0) is 24.0 Å². The molecule has 0 bridgehead atoms. The summed E-state index contributed by atoms with van der Waals surface area (Å²) in [5, 5.41) is 19.3. The minimum Gasteiger partial charge on any atom is -0.508 e. The number of halogens is 3. The van der Waals surface area contributed by atoms with Gasteiger partial charge in [0, 0.05) is 18.9 Å². The Morgan fingerprint density at radius 1 is 0.955 bits per heavy atom. The van der Waals surface area contributed by atoms with E-state index in [2.05, 4.69) is 0 Å². The number of alkyl halides is 2. The van der Waals surface area contributed by atoms with Crippen molar-refractivity contribution in [3.05, 3.63) is 71.6 Å². The highest BCUT2D eigenvalue weighted by Crippen LogP contribution is 2.65. The quantitative estimate of drug-likeness (QED) is 0.184. The van der Waals surface area contributed by atoms with E-state index in [1.165, 1.54) is 29.2 Å². The Morgan fingerprint density at radius 2 is 1.68 bits per heavy atom. The second kappa shape index (κ2) is 11.0. The smallest absolute Gasteiger partial charge is 0.303 e. The van der Waals surface area contributed by atoms with Gasteiger partial charge in [0.05, 0.1) is 17.5 Å². The lowest BCUT2D eigenvalue weighted by molar-refractivity contribution is -0.141. The van der Waals surface area contributed by atoms with E-state index in [1.54, 1.807) is 18.2 Å². The first-order valence-electron chi connectivity index (χ1n) is 14.5. The van der Waals surface area contributed by atoms with Crippen LogP contribution in [0, 0.1) is 23.6 Å². The second-order valence-corrected chi connectivity index (χ2v) is 13.1. The third-order valence-electron chi connectivity index (χ3n) is 9.46. The van der Waals surface area contributed by atoms with Crippen molar-refractivity contribution in [2.75, 3.05) is 11.4 Å². The van der Waals surface area contributed by atoms with Crippen LogP contribution in [0.5, 0.6) is 5.75 Å². The molecule has 2 aromatic carbocycles. The molecule has 6 rings (SSSR count). The molecule has 2 aliphatic carbocycles. The number of allylic oxidation sites excluding steroid dienone is 2. The average Bonchev–Trinajstić information content (AvgIpc) is 3.31. The first-order valence-corrected chi connectivity index (χ1v) is 15.2. The van der Waals surface area contributed by atoms with E-state index in [-0.39, 0.29) is 43.2 Å². The fraction of sp³-hybridized carbons (Fsp3) is 0.406. The van der Waals surface area contributed by atoms with Crippen LogP contribution in [0.2, 0.25) is 0 Å².